The molecule has 176 valence electrons. The quantitative estimate of drug-likeness (QED) is 0.355. The first kappa shape index (κ1) is 21.6. The van der Waals surface area contributed by atoms with E-state index in [1.54, 1.807) is 11.3 Å². The van der Waals surface area contributed by atoms with Gasteiger partial charge in [0.15, 0.2) is 5.65 Å². The first-order valence-electron chi connectivity index (χ1n) is 11.4. The van der Waals surface area contributed by atoms with Gasteiger partial charge in [-0.3, -0.25) is 9.89 Å². The molecule has 4 heterocycles. The van der Waals surface area contributed by atoms with E-state index in [0.717, 1.165) is 39.2 Å². The van der Waals surface area contributed by atoms with Crippen LogP contribution in [0.1, 0.15) is 33.9 Å². The average molecular weight is 485 g/mol. The molecule has 3 aromatic heterocycles. The fourth-order valence-electron chi connectivity index (χ4n) is 4.80. The van der Waals surface area contributed by atoms with Gasteiger partial charge in [-0.05, 0) is 37.5 Å². The summed E-state index contributed by atoms with van der Waals surface area (Å²) in [4.78, 5) is 28.4. The van der Waals surface area contributed by atoms with Gasteiger partial charge in [-0.15, -0.1) is 11.3 Å². The number of nitrogens with one attached hydrogen (secondary N) is 1. The molecule has 10 heteroatoms. The third-order valence-corrected chi connectivity index (χ3v) is 7.63. The molecule has 6 rings (SSSR count). The Morgan fingerprint density at radius 3 is 2.60 bits per heavy atom. The van der Waals surface area contributed by atoms with Crippen LogP contribution in [0.15, 0.2) is 48.5 Å². The summed E-state index contributed by atoms with van der Waals surface area (Å²) in [5.41, 5.74) is 16.2. The summed E-state index contributed by atoms with van der Waals surface area (Å²) in [5.74, 6) is -0.171. The normalized spacial score (nSPS) is 15.7. The molecule has 1 amide bonds. The summed E-state index contributed by atoms with van der Waals surface area (Å²) < 4.78 is 1.05. The molecule has 2 aromatic carbocycles. The third-order valence-electron chi connectivity index (χ3n) is 6.70. The molecule has 5 N–H and O–H groups in total. The van der Waals surface area contributed by atoms with Crippen LogP contribution in [-0.4, -0.2) is 44.1 Å². The third kappa shape index (κ3) is 3.71. The standard InChI is InChI=1S/C25H24N8OS/c1-14-28-17-8-7-15(13-18(17)35-14)20-19-21(22(26)34)29-24(30-23(19)32-31-20)33-11-9-25(27,10-12-33)16-5-3-2-4-6-16/h2-8,13H,9-12,27H2,1H3,(H2,26,34)(H,29,30,31,32). The largest absolute Gasteiger partial charge is 0.364 e. The van der Waals surface area contributed by atoms with Gasteiger partial charge in [-0.1, -0.05) is 36.4 Å². The number of nitrogens with zero attached hydrogens (tertiary/aromatic N) is 5. The number of aryl methyl sites for hydroxylation is 1. The van der Waals surface area contributed by atoms with Gasteiger partial charge < -0.3 is 16.4 Å². The van der Waals surface area contributed by atoms with E-state index < -0.39 is 11.4 Å². The molecule has 0 radical (unpaired) electrons. The molecule has 1 saturated heterocycles. The van der Waals surface area contributed by atoms with Crippen molar-refractivity contribution < 1.29 is 4.79 Å². The lowest BCUT2D eigenvalue weighted by Gasteiger charge is -2.39. The number of amides is 1. The molecular weight excluding hydrogens is 460 g/mol. The number of piperidine rings is 1. The van der Waals surface area contributed by atoms with Crippen molar-refractivity contribution in [1.29, 1.82) is 0 Å². The van der Waals surface area contributed by atoms with Gasteiger partial charge in [0, 0.05) is 24.2 Å². The summed E-state index contributed by atoms with van der Waals surface area (Å²) >= 11 is 1.61. The number of H-pyrrole nitrogens is 1. The molecule has 0 unspecified atom stereocenters. The van der Waals surface area contributed by atoms with Gasteiger partial charge in [0.2, 0.25) is 5.95 Å². The minimum atomic E-state index is -0.620. The van der Waals surface area contributed by atoms with Crippen molar-refractivity contribution in [3.05, 3.63) is 64.8 Å². The number of nitrogens with two attached hydrogens (primary N) is 2. The van der Waals surface area contributed by atoms with Crippen molar-refractivity contribution in [1.82, 2.24) is 25.1 Å². The summed E-state index contributed by atoms with van der Waals surface area (Å²) in [5, 5.41) is 8.98. The number of rotatable bonds is 4. The van der Waals surface area contributed by atoms with Gasteiger partial charge in [0.25, 0.3) is 5.91 Å². The topological polar surface area (TPSA) is 140 Å². The smallest absolute Gasteiger partial charge is 0.268 e. The second-order valence-electron chi connectivity index (χ2n) is 8.96. The lowest BCUT2D eigenvalue weighted by Crippen LogP contribution is -2.48. The number of carbonyl (C=O) groups excluding carboxylic acids is 1. The minimum Gasteiger partial charge on any atom is -0.364 e. The number of aromatic nitrogens is 5. The van der Waals surface area contributed by atoms with E-state index in [9.17, 15) is 4.79 Å². The Morgan fingerprint density at radius 2 is 1.86 bits per heavy atom. The monoisotopic (exact) mass is 484 g/mol. The zero-order chi connectivity index (χ0) is 24.2. The summed E-state index contributed by atoms with van der Waals surface area (Å²) in [6.45, 7) is 3.30. The fourth-order valence-corrected chi connectivity index (χ4v) is 5.67. The van der Waals surface area contributed by atoms with E-state index >= 15 is 0 Å². The van der Waals surface area contributed by atoms with Crippen molar-refractivity contribution in [3.63, 3.8) is 0 Å². The molecule has 0 bridgehead atoms. The van der Waals surface area contributed by atoms with Crippen LogP contribution >= 0.6 is 11.3 Å². The van der Waals surface area contributed by atoms with E-state index in [4.69, 9.17) is 16.5 Å². The Labute approximate surface area is 205 Å². The Bertz CT molecular complexity index is 1570. The van der Waals surface area contributed by atoms with Crippen LogP contribution in [0.25, 0.3) is 32.5 Å². The van der Waals surface area contributed by atoms with Gasteiger partial charge in [-0.25, -0.2) is 9.97 Å². The molecule has 9 nitrogen and oxygen atoms in total. The highest BCUT2D eigenvalue weighted by Gasteiger charge is 2.33. The van der Waals surface area contributed by atoms with Crippen molar-refractivity contribution in [2.75, 3.05) is 18.0 Å². The maximum absolute atomic E-state index is 12.5. The highest BCUT2D eigenvalue weighted by molar-refractivity contribution is 7.18. The molecule has 1 aliphatic heterocycles. The first-order chi connectivity index (χ1) is 16.9. The average Bonchev–Trinajstić information content (AvgIpc) is 3.46. The number of carbonyl (C=O) groups is 1. The van der Waals surface area contributed by atoms with Crippen molar-refractivity contribution in [2.24, 2.45) is 11.5 Å². The van der Waals surface area contributed by atoms with Gasteiger partial charge >= 0.3 is 0 Å². The predicted molar refractivity (Wildman–Crippen MR) is 137 cm³/mol. The number of hydrogen-bond donors (Lipinski definition) is 3. The fraction of sp³-hybridized carbons (Fsp3) is 0.240. The second kappa shape index (κ2) is 8.10. The Balaban J connectivity index is 1.36. The zero-order valence-corrected chi connectivity index (χ0v) is 20.0. The summed E-state index contributed by atoms with van der Waals surface area (Å²) in [7, 11) is 0. The lowest BCUT2D eigenvalue weighted by atomic mass is 9.82. The Hall–Kier alpha value is -3.89. The molecular formula is C25H24N8OS. The van der Waals surface area contributed by atoms with Crippen molar-refractivity contribution in [3.8, 4) is 11.3 Å². The number of hydrogen-bond acceptors (Lipinski definition) is 8. The van der Waals surface area contributed by atoms with E-state index in [2.05, 4.69) is 32.3 Å². The van der Waals surface area contributed by atoms with Crippen LogP contribution in [0, 0.1) is 6.92 Å². The van der Waals surface area contributed by atoms with E-state index in [-0.39, 0.29) is 5.69 Å². The number of benzene rings is 2. The number of thiazole rings is 1. The molecule has 5 aromatic rings. The maximum atomic E-state index is 12.5. The first-order valence-corrected chi connectivity index (χ1v) is 12.3. The molecule has 1 aliphatic rings. The lowest BCUT2D eigenvalue weighted by molar-refractivity contribution is 0.0997. The molecule has 0 aliphatic carbocycles. The van der Waals surface area contributed by atoms with Crippen molar-refractivity contribution in [2.45, 2.75) is 25.3 Å². The van der Waals surface area contributed by atoms with E-state index in [1.807, 2.05) is 48.2 Å². The van der Waals surface area contributed by atoms with Crippen LogP contribution < -0.4 is 16.4 Å². The highest BCUT2D eigenvalue weighted by atomic mass is 32.1. The summed E-state index contributed by atoms with van der Waals surface area (Å²) in [6.07, 6.45) is 1.49. The predicted octanol–water partition coefficient (Wildman–Crippen LogP) is 3.49. The zero-order valence-electron chi connectivity index (χ0n) is 19.2. The van der Waals surface area contributed by atoms with Gasteiger partial charge in [-0.2, -0.15) is 10.1 Å². The Kier molecular flexibility index (Phi) is 5.01. The van der Waals surface area contributed by atoms with Crippen LogP contribution in [0.3, 0.4) is 0 Å². The van der Waals surface area contributed by atoms with E-state index in [1.165, 1.54) is 0 Å². The number of primary amides is 1. The molecule has 0 atom stereocenters. The highest BCUT2D eigenvalue weighted by Crippen LogP contribution is 2.34. The van der Waals surface area contributed by atoms with E-state index in [0.29, 0.717) is 35.8 Å². The van der Waals surface area contributed by atoms with Gasteiger partial charge in [0.1, 0.15) is 11.4 Å². The molecule has 0 spiro atoms. The van der Waals surface area contributed by atoms with Crippen molar-refractivity contribution >= 4 is 44.4 Å². The number of aromatic amines is 1. The van der Waals surface area contributed by atoms with Crippen LogP contribution in [0.2, 0.25) is 0 Å². The SMILES string of the molecule is Cc1nc2ccc(-c3n[nH]c4nc(N5CCC(N)(c6ccccc6)CC5)nc(C(N)=O)c34)cc2s1. The van der Waals surface area contributed by atoms with Crippen LogP contribution in [0.5, 0.6) is 0 Å². The molecule has 1 fully saturated rings. The maximum Gasteiger partial charge on any atom is 0.268 e. The minimum absolute atomic E-state index is 0.155. The molecule has 0 saturated carbocycles. The van der Waals surface area contributed by atoms with Gasteiger partial charge in [0.05, 0.1) is 20.6 Å². The Morgan fingerprint density at radius 1 is 1.09 bits per heavy atom. The number of anilines is 1. The van der Waals surface area contributed by atoms with Crippen LogP contribution in [0.4, 0.5) is 5.95 Å². The summed E-state index contributed by atoms with van der Waals surface area (Å²) in [6, 6.07) is 16.1. The molecule has 35 heavy (non-hydrogen) atoms. The number of fused-ring (bicyclic) bond motifs is 2. The van der Waals surface area contributed by atoms with Crippen LogP contribution in [-0.2, 0) is 5.54 Å². The second-order valence-corrected chi connectivity index (χ2v) is 10.2.